The summed E-state index contributed by atoms with van der Waals surface area (Å²) < 4.78 is 0. The first kappa shape index (κ1) is 10.6. The molecule has 1 aromatic rings. The van der Waals surface area contributed by atoms with Crippen molar-refractivity contribution in [1.29, 1.82) is 0 Å². The lowest BCUT2D eigenvalue weighted by Crippen LogP contribution is -2.35. The Morgan fingerprint density at radius 1 is 1.57 bits per heavy atom. The smallest absolute Gasteiger partial charge is 0.243 e. The number of hydrogen-bond donors (Lipinski definition) is 2. The molecule has 0 bridgehead atoms. The Bertz CT molecular complexity index is 288. The maximum absolute atomic E-state index is 11.4. The summed E-state index contributed by atoms with van der Waals surface area (Å²) in [5.41, 5.74) is 5.61. The Labute approximate surface area is 82.7 Å². The zero-order valence-electron chi connectivity index (χ0n) is 8.10. The van der Waals surface area contributed by atoms with Crippen LogP contribution in [0.1, 0.15) is 19.8 Å². The van der Waals surface area contributed by atoms with Gasteiger partial charge < -0.3 is 5.73 Å². The molecule has 1 aromatic heterocycles. The molecule has 3 N–H and O–H groups in total. The molecule has 1 atom stereocenters. The van der Waals surface area contributed by atoms with Crippen LogP contribution in [0.3, 0.4) is 0 Å². The summed E-state index contributed by atoms with van der Waals surface area (Å²) in [7, 11) is 0. The topological polar surface area (TPSA) is 80.9 Å². The first-order valence-corrected chi connectivity index (χ1v) is 4.57. The summed E-state index contributed by atoms with van der Waals surface area (Å²) in [6, 6.07) is 1.20. The zero-order valence-corrected chi connectivity index (χ0v) is 8.10. The van der Waals surface area contributed by atoms with Crippen LogP contribution in [-0.2, 0) is 4.79 Å². The summed E-state index contributed by atoms with van der Waals surface area (Å²) in [5.74, 6) is 0.0575. The third kappa shape index (κ3) is 3.10. The van der Waals surface area contributed by atoms with Crippen molar-refractivity contribution in [3.05, 3.63) is 18.5 Å². The molecule has 0 aliphatic rings. The largest absolute Gasteiger partial charge is 0.320 e. The number of carbonyl (C=O) groups excluding carboxylic acids is 1. The van der Waals surface area contributed by atoms with Crippen molar-refractivity contribution in [1.82, 2.24) is 9.97 Å². The van der Waals surface area contributed by atoms with Crippen LogP contribution in [0.4, 0.5) is 5.95 Å². The number of nitrogens with zero attached hydrogens (tertiary/aromatic N) is 2. The van der Waals surface area contributed by atoms with Gasteiger partial charge in [-0.15, -0.1) is 0 Å². The van der Waals surface area contributed by atoms with E-state index in [1.54, 1.807) is 18.5 Å². The van der Waals surface area contributed by atoms with Crippen molar-refractivity contribution in [3.8, 4) is 0 Å². The third-order valence-electron chi connectivity index (χ3n) is 1.74. The van der Waals surface area contributed by atoms with Gasteiger partial charge in [-0.2, -0.15) is 0 Å². The second kappa shape index (κ2) is 5.29. The molecule has 76 valence electrons. The number of aromatic nitrogens is 2. The van der Waals surface area contributed by atoms with Crippen LogP contribution < -0.4 is 11.1 Å². The first-order valence-electron chi connectivity index (χ1n) is 4.57. The molecule has 0 saturated heterocycles. The number of nitrogens with one attached hydrogen (secondary N) is 1. The minimum absolute atomic E-state index is 0.238. The van der Waals surface area contributed by atoms with Gasteiger partial charge in [-0.05, 0) is 12.5 Å². The number of amides is 1. The number of hydrogen-bond acceptors (Lipinski definition) is 4. The minimum Gasteiger partial charge on any atom is -0.320 e. The predicted octanol–water partition coefficient (Wildman–Crippen LogP) is 0.542. The van der Waals surface area contributed by atoms with Crippen LogP contribution in [0.15, 0.2) is 18.5 Å². The molecule has 0 aliphatic heterocycles. The Morgan fingerprint density at radius 2 is 2.21 bits per heavy atom. The van der Waals surface area contributed by atoms with Crippen molar-refractivity contribution in [2.24, 2.45) is 5.73 Å². The van der Waals surface area contributed by atoms with Crippen molar-refractivity contribution in [3.63, 3.8) is 0 Å². The number of rotatable bonds is 4. The van der Waals surface area contributed by atoms with E-state index >= 15 is 0 Å². The van der Waals surface area contributed by atoms with Crippen molar-refractivity contribution < 1.29 is 4.79 Å². The zero-order chi connectivity index (χ0) is 10.4. The van der Waals surface area contributed by atoms with Crippen molar-refractivity contribution >= 4 is 11.9 Å². The van der Waals surface area contributed by atoms with Crippen LogP contribution in [-0.4, -0.2) is 21.9 Å². The maximum Gasteiger partial charge on any atom is 0.243 e. The van der Waals surface area contributed by atoms with Gasteiger partial charge in [-0.25, -0.2) is 9.97 Å². The van der Waals surface area contributed by atoms with Gasteiger partial charge in [0.2, 0.25) is 11.9 Å². The average Bonchev–Trinajstić information content (AvgIpc) is 2.19. The van der Waals surface area contributed by atoms with Gasteiger partial charge in [0.1, 0.15) is 0 Å². The molecule has 0 radical (unpaired) electrons. The van der Waals surface area contributed by atoms with E-state index in [1.807, 2.05) is 6.92 Å². The highest BCUT2D eigenvalue weighted by Crippen LogP contribution is 1.98. The van der Waals surface area contributed by atoms with E-state index in [0.717, 1.165) is 6.42 Å². The predicted molar refractivity (Wildman–Crippen MR) is 53.5 cm³/mol. The fraction of sp³-hybridized carbons (Fsp3) is 0.444. The first-order chi connectivity index (χ1) is 6.74. The van der Waals surface area contributed by atoms with Crippen molar-refractivity contribution in [2.45, 2.75) is 25.8 Å². The Balaban J connectivity index is 2.49. The molecule has 1 amide bonds. The maximum atomic E-state index is 11.4. The lowest BCUT2D eigenvalue weighted by molar-refractivity contribution is -0.117. The van der Waals surface area contributed by atoms with Crippen LogP contribution in [0.5, 0.6) is 0 Å². The molecule has 0 spiro atoms. The highest BCUT2D eigenvalue weighted by atomic mass is 16.2. The van der Waals surface area contributed by atoms with Gasteiger partial charge in [-0.1, -0.05) is 13.3 Å². The molecule has 0 aromatic carbocycles. The molecule has 5 nitrogen and oxygen atoms in total. The van der Waals surface area contributed by atoms with Gasteiger partial charge in [0.15, 0.2) is 0 Å². The van der Waals surface area contributed by atoms with E-state index in [9.17, 15) is 4.79 Å². The molecule has 0 fully saturated rings. The molecule has 0 unspecified atom stereocenters. The van der Waals surface area contributed by atoms with Gasteiger partial charge in [0, 0.05) is 12.4 Å². The normalized spacial score (nSPS) is 12.1. The molecule has 0 aliphatic carbocycles. The second-order valence-electron chi connectivity index (χ2n) is 2.96. The molecular weight excluding hydrogens is 180 g/mol. The van der Waals surface area contributed by atoms with Gasteiger partial charge in [0.25, 0.3) is 0 Å². The molecule has 1 rings (SSSR count). The lowest BCUT2D eigenvalue weighted by atomic mass is 10.2. The van der Waals surface area contributed by atoms with Crippen LogP contribution >= 0.6 is 0 Å². The number of anilines is 1. The Hall–Kier alpha value is -1.49. The molecular formula is C9H14N4O. The second-order valence-corrected chi connectivity index (χ2v) is 2.96. The average molecular weight is 194 g/mol. The van der Waals surface area contributed by atoms with Crippen LogP contribution in [0, 0.1) is 0 Å². The highest BCUT2D eigenvalue weighted by molar-refractivity contribution is 5.93. The summed E-state index contributed by atoms with van der Waals surface area (Å²) >= 11 is 0. The molecule has 14 heavy (non-hydrogen) atoms. The molecule has 5 heteroatoms. The Morgan fingerprint density at radius 3 is 2.79 bits per heavy atom. The quantitative estimate of drug-likeness (QED) is 0.733. The van der Waals surface area contributed by atoms with E-state index in [4.69, 9.17) is 5.73 Å². The summed E-state index contributed by atoms with van der Waals surface area (Å²) in [6.45, 7) is 1.98. The summed E-state index contributed by atoms with van der Waals surface area (Å²) in [5, 5.41) is 2.54. The lowest BCUT2D eigenvalue weighted by Gasteiger charge is -2.09. The number of carbonyl (C=O) groups is 1. The molecule has 1 heterocycles. The van der Waals surface area contributed by atoms with E-state index < -0.39 is 6.04 Å². The van der Waals surface area contributed by atoms with Crippen LogP contribution in [0.2, 0.25) is 0 Å². The van der Waals surface area contributed by atoms with E-state index in [1.165, 1.54) is 0 Å². The third-order valence-corrected chi connectivity index (χ3v) is 1.74. The standard InChI is InChI=1S/C9H14N4O/c1-2-4-7(10)8(14)13-9-11-5-3-6-12-9/h3,5-7H,2,4,10H2,1H3,(H,11,12,13,14)/t7-/m0/s1. The Kier molecular flexibility index (Phi) is 4.00. The minimum atomic E-state index is -0.483. The fourth-order valence-electron chi connectivity index (χ4n) is 1.01. The van der Waals surface area contributed by atoms with Crippen LogP contribution in [0.25, 0.3) is 0 Å². The fourth-order valence-corrected chi connectivity index (χ4v) is 1.01. The van der Waals surface area contributed by atoms with E-state index in [2.05, 4.69) is 15.3 Å². The van der Waals surface area contributed by atoms with E-state index in [0.29, 0.717) is 12.4 Å². The monoisotopic (exact) mass is 194 g/mol. The highest BCUT2D eigenvalue weighted by Gasteiger charge is 2.12. The van der Waals surface area contributed by atoms with Gasteiger partial charge in [-0.3, -0.25) is 10.1 Å². The SMILES string of the molecule is CCC[C@H](N)C(=O)Nc1ncccn1. The van der Waals surface area contributed by atoms with Crippen molar-refractivity contribution in [2.75, 3.05) is 5.32 Å². The molecule has 0 saturated carbocycles. The van der Waals surface area contributed by atoms with Gasteiger partial charge in [0.05, 0.1) is 6.04 Å². The van der Waals surface area contributed by atoms with Gasteiger partial charge >= 0.3 is 0 Å². The van der Waals surface area contributed by atoms with E-state index in [-0.39, 0.29) is 5.91 Å². The summed E-state index contributed by atoms with van der Waals surface area (Å²) in [6.07, 6.45) is 4.67. The number of nitrogens with two attached hydrogens (primary N) is 1. The summed E-state index contributed by atoms with van der Waals surface area (Å²) in [4.78, 5) is 19.1.